The summed E-state index contributed by atoms with van der Waals surface area (Å²) in [5, 5.41) is 5.51. The predicted octanol–water partition coefficient (Wildman–Crippen LogP) is 4.25. The number of benzene rings is 1. The first kappa shape index (κ1) is 13.6. The summed E-state index contributed by atoms with van der Waals surface area (Å²) in [5.74, 6) is 0.219. The molecule has 0 atom stereocenters. The molecule has 0 spiro atoms. The monoisotopic (exact) mass is 350 g/mol. The third kappa shape index (κ3) is 2.74. The van der Waals surface area contributed by atoms with Crippen LogP contribution in [-0.4, -0.2) is 12.5 Å². The Kier molecular flexibility index (Phi) is 4.08. The van der Waals surface area contributed by atoms with Crippen LogP contribution in [0.25, 0.3) is 0 Å². The minimum atomic E-state index is 0.219. The van der Waals surface area contributed by atoms with Crippen LogP contribution in [0.4, 0.5) is 11.4 Å². The lowest BCUT2D eigenvalue weighted by atomic mass is 10.2. The first-order chi connectivity index (χ1) is 9.75. The Labute approximate surface area is 130 Å². The summed E-state index contributed by atoms with van der Waals surface area (Å²) < 4.78 is 1.13. The van der Waals surface area contributed by atoms with E-state index < -0.39 is 0 Å². The molecule has 1 aromatic heterocycles. The second-order valence-electron chi connectivity index (χ2n) is 4.71. The van der Waals surface area contributed by atoms with E-state index in [1.807, 2.05) is 29.2 Å². The number of carbonyl (C=O) groups is 1. The van der Waals surface area contributed by atoms with Crippen molar-refractivity contribution in [2.24, 2.45) is 0 Å². The van der Waals surface area contributed by atoms with Crippen molar-refractivity contribution in [3.63, 3.8) is 0 Å². The van der Waals surface area contributed by atoms with Gasteiger partial charge in [-0.1, -0.05) is 12.1 Å². The standard InChI is InChI=1S/C15H15BrN2OS/c16-11-7-9-20-14(11)10-17-12-4-1-2-5-13(12)18-8-3-6-15(18)19/h1-2,4-5,7,9,17H,3,6,8,10H2. The molecule has 1 aromatic carbocycles. The van der Waals surface area contributed by atoms with Crippen molar-refractivity contribution >= 4 is 44.5 Å². The number of hydrogen-bond donors (Lipinski definition) is 1. The fourth-order valence-corrected chi connectivity index (χ4v) is 3.82. The fraction of sp³-hybridized carbons (Fsp3) is 0.267. The lowest BCUT2D eigenvalue weighted by molar-refractivity contribution is -0.117. The Morgan fingerprint density at radius 1 is 1.30 bits per heavy atom. The topological polar surface area (TPSA) is 32.3 Å². The number of rotatable bonds is 4. The van der Waals surface area contributed by atoms with E-state index in [1.54, 1.807) is 11.3 Å². The smallest absolute Gasteiger partial charge is 0.227 e. The molecule has 1 aliphatic rings. The molecule has 5 heteroatoms. The highest BCUT2D eigenvalue weighted by Gasteiger charge is 2.23. The number of amides is 1. The van der Waals surface area contributed by atoms with Crippen LogP contribution in [0.1, 0.15) is 17.7 Å². The molecule has 1 amide bonds. The van der Waals surface area contributed by atoms with Crippen molar-refractivity contribution in [1.82, 2.24) is 0 Å². The molecule has 3 rings (SSSR count). The summed E-state index contributed by atoms with van der Waals surface area (Å²) in [6.45, 7) is 1.58. The van der Waals surface area contributed by atoms with Gasteiger partial charge in [0.25, 0.3) is 0 Å². The van der Waals surface area contributed by atoms with Crippen LogP contribution in [-0.2, 0) is 11.3 Å². The molecule has 104 valence electrons. The number of para-hydroxylation sites is 2. The number of halogens is 1. The summed E-state index contributed by atoms with van der Waals surface area (Å²) in [6.07, 6.45) is 1.61. The van der Waals surface area contributed by atoms with Crippen LogP contribution in [0, 0.1) is 0 Å². The summed E-state index contributed by atoms with van der Waals surface area (Å²) >= 11 is 5.26. The van der Waals surface area contributed by atoms with Crippen molar-refractivity contribution in [3.05, 3.63) is 45.1 Å². The Morgan fingerprint density at radius 3 is 2.85 bits per heavy atom. The second kappa shape index (κ2) is 5.97. The van der Waals surface area contributed by atoms with Crippen LogP contribution in [0.15, 0.2) is 40.2 Å². The van der Waals surface area contributed by atoms with Gasteiger partial charge in [0.05, 0.1) is 17.9 Å². The largest absolute Gasteiger partial charge is 0.378 e. The van der Waals surface area contributed by atoms with E-state index in [2.05, 4.69) is 32.7 Å². The van der Waals surface area contributed by atoms with E-state index in [0.29, 0.717) is 6.42 Å². The van der Waals surface area contributed by atoms with Gasteiger partial charge in [0.15, 0.2) is 0 Å². The molecule has 20 heavy (non-hydrogen) atoms. The maximum absolute atomic E-state index is 11.9. The highest BCUT2D eigenvalue weighted by atomic mass is 79.9. The van der Waals surface area contributed by atoms with Gasteiger partial charge in [-0.05, 0) is 45.9 Å². The Balaban J connectivity index is 1.79. The maximum Gasteiger partial charge on any atom is 0.227 e. The molecule has 1 N–H and O–H groups in total. The van der Waals surface area contributed by atoms with Crippen molar-refractivity contribution in [2.75, 3.05) is 16.8 Å². The molecule has 3 nitrogen and oxygen atoms in total. The zero-order chi connectivity index (χ0) is 13.9. The van der Waals surface area contributed by atoms with Crippen molar-refractivity contribution < 1.29 is 4.79 Å². The van der Waals surface area contributed by atoms with Crippen LogP contribution in [0.2, 0.25) is 0 Å². The van der Waals surface area contributed by atoms with Gasteiger partial charge in [-0.15, -0.1) is 11.3 Å². The van der Waals surface area contributed by atoms with Gasteiger partial charge in [0.2, 0.25) is 5.91 Å². The Bertz CT molecular complexity index is 626. The van der Waals surface area contributed by atoms with Gasteiger partial charge in [-0.3, -0.25) is 4.79 Å². The van der Waals surface area contributed by atoms with Gasteiger partial charge in [-0.25, -0.2) is 0 Å². The number of carbonyl (C=O) groups excluding carboxylic acids is 1. The summed E-state index contributed by atoms with van der Waals surface area (Å²) in [4.78, 5) is 15.0. The molecule has 1 saturated heterocycles. The van der Waals surface area contributed by atoms with E-state index in [1.165, 1.54) is 4.88 Å². The van der Waals surface area contributed by atoms with Gasteiger partial charge >= 0.3 is 0 Å². The quantitative estimate of drug-likeness (QED) is 0.893. The van der Waals surface area contributed by atoms with E-state index in [9.17, 15) is 4.79 Å². The van der Waals surface area contributed by atoms with Crippen molar-refractivity contribution in [1.29, 1.82) is 0 Å². The molecule has 0 radical (unpaired) electrons. The molecule has 0 saturated carbocycles. The third-order valence-electron chi connectivity index (χ3n) is 3.40. The van der Waals surface area contributed by atoms with Crippen LogP contribution in [0.3, 0.4) is 0 Å². The first-order valence-electron chi connectivity index (χ1n) is 6.61. The molecule has 2 heterocycles. The Morgan fingerprint density at radius 2 is 2.15 bits per heavy atom. The van der Waals surface area contributed by atoms with Crippen molar-refractivity contribution in [3.8, 4) is 0 Å². The molecule has 2 aromatic rings. The Hall–Kier alpha value is -1.33. The molecule has 0 unspecified atom stereocenters. The zero-order valence-electron chi connectivity index (χ0n) is 10.9. The summed E-state index contributed by atoms with van der Waals surface area (Å²) in [7, 11) is 0. The first-order valence-corrected chi connectivity index (χ1v) is 8.28. The molecular weight excluding hydrogens is 336 g/mol. The average Bonchev–Trinajstić information content (AvgIpc) is 3.06. The molecule has 1 fully saturated rings. The third-order valence-corrected chi connectivity index (χ3v) is 5.33. The fourth-order valence-electron chi connectivity index (χ4n) is 2.39. The van der Waals surface area contributed by atoms with Gasteiger partial charge in [0, 0.05) is 22.3 Å². The SMILES string of the molecule is O=C1CCCN1c1ccccc1NCc1sccc1Br. The van der Waals surface area contributed by atoms with E-state index in [-0.39, 0.29) is 5.91 Å². The van der Waals surface area contributed by atoms with Crippen LogP contribution >= 0.6 is 27.3 Å². The lowest BCUT2D eigenvalue weighted by Crippen LogP contribution is -2.24. The number of nitrogens with one attached hydrogen (secondary N) is 1. The average molecular weight is 351 g/mol. The highest BCUT2D eigenvalue weighted by molar-refractivity contribution is 9.10. The van der Waals surface area contributed by atoms with Gasteiger partial charge in [0.1, 0.15) is 0 Å². The molecule has 1 aliphatic heterocycles. The molecule has 0 bridgehead atoms. The second-order valence-corrected chi connectivity index (χ2v) is 6.57. The van der Waals surface area contributed by atoms with E-state index in [4.69, 9.17) is 0 Å². The van der Waals surface area contributed by atoms with Crippen LogP contribution in [0.5, 0.6) is 0 Å². The van der Waals surface area contributed by atoms with Crippen molar-refractivity contribution in [2.45, 2.75) is 19.4 Å². The zero-order valence-corrected chi connectivity index (χ0v) is 13.3. The van der Waals surface area contributed by atoms with Gasteiger partial charge in [-0.2, -0.15) is 0 Å². The molecular formula is C15H15BrN2OS. The number of hydrogen-bond acceptors (Lipinski definition) is 3. The minimum absolute atomic E-state index is 0.219. The minimum Gasteiger partial charge on any atom is -0.378 e. The lowest BCUT2D eigenvalue weighted by Gasteiger charge is -2.20. The summed E-state index contributed by atoms with van der Waals surface area (Å²) in [5.41, 5.74) is 2.01. The summed E-state index contributed by atoms with van der Waals surface area (Å²) in [6, 6.07) is 10.1. The highest BCUT2D eigenvalue weighted by Crippen LogP contribution is 2.31. The number of nitrogens with zero attached hydrogens (tertiary/aromatic N) is 1. The van der Waals surface area contributed by atoms with Crippen LogP contribution < -0.4 is 10.2 Å². The predicted molar refractivity (Wildman–Crippen MR) is 87.4 cm³/mol. The number of thiophene rings is 1. The van der Waals surface area contributed by atoms with E-state index >= 15 is 0 Å². The number of anilines is 2. The molecule has 0 aliphatic carbocycles. The normalized spacial score (nSPS) is 14.8. The van der Waals surface area contributed by atoms with E-state index in [0.717, 1.165) is 35.4 Å². The van der Waals surface area contributed by atoms with Gasteiger partial charge < -0.3 is 10.2 Å². The maximum atomic E-state index is 11.9.